The van der Waals surface area contributed by atoms with E-state index in [0.29, 0.717) is 13.0 Å². The molecule has 3 aliphatic rings. The predicted octanol–water partition coefficient (Wildman–Crippen LogP) is 7.14. The maximum Gasteiger partial charge on any atom is 0.334 e. The number of ether oxygens (including phenoxy) is 4. The van der Waals surface area contributed by atoms with E-state index in [-0.39, 0.29) is 12.1 Å². The zero-order valence-electron chi connectivity index (χ0n) is 21.2. The molecule has 3 rings (SSSR count). The van der Waals surface area contributed by atoms with Crippen molar-refractivity contribution in [1.29, 1.82) is 0 Å². The van der Waals surface area contributed by atoms with Gasteiger partial charge in [-0.2, -0.15) is 0 Å². The fourth-order valence-corrected chi connectivity index (χ4v) is 5.08. The molecule has 0 unspecified atom stereocenters. The van der Waals surface area contributed by atoms with Crippen molar-refractivity contribution < 1.29 is 23.7 Å². The quantitative estimate of drug-likeness (QED) is 0.112. The van der Waals surface area contributed by atoms with E-state index in [1.807, 2.05) is 13.8 Å². The van der Waals surface area contributed by atoms with Gasteiger partial charge in [-0.1, -0.05) is 76.5 Å². The second kappa shape index (κ2) is 13.1. The molecule has 0 aliphatic carbocycles. The lowest BCUT2D eigenvalue weighted by molar-refractivity contribution is -0.213. The summed E-state index contributed by atoms with van der Waals surface area (Å²) < 4.78 is 23.2. The molecule has 0 amide bonds. The molecule has 1 spiro atoms. The lowest BCUT2D eigenvalue weighted by Crippen LogP contribution is -2.43. The van der Waals surface area contributed by atoms with Crippen LogP contribution in [0.15, 0.2) is 23.8 Å². The van der Waals surface area contributed by atoms with Crippen molar-refractivity contribution >= 4 is 5.97 Å². The van der Waals surface area contributed by atoms with E-state index in [4.69, 9.17) is 18.9 Å². The zero-order chi connectivity index (χ0) is 23.6. The van der Waals surface area contributed by atoms with Gasteiger partial charge in [-0.3, -0.25) is 0 Å². The van der Waals surface area contributed by atoms with Crippen LogP contribution in [0.25, 0.3) is 0 Å². The molecule has 0 saturated carbocycles. The summed E-state index contributed by atoms with van der Waals surface area (Å²) >= 11 is 0. The SMILES string of the molecule is CCCCCCCC/C=C\CCCCCCC/C=C1/C[C@]2(CO[C@@H]3OC(C)(C)O[C@@H]32)OC1=O. The smallest absolute Gasteiger partial charge is 0.334 e. The standard InChI is InChI=1S/C28H46O5/c1-4-5-6-7-8-9-10-11-12-13-14-15-16-17-18-19-20-23-21-28(32-25(23)29)22-30-26-24(28)31-27(2,3)33-26/h11-12,20,24,26H,4-10,13-19,21-22H2,1-3H3/b12-11-,23-20-/t24-,26+,28+/m0/s1. The number of carbonyl (C=O) groups is 1. The van der Waals surface area contributed by atoms with Crippen molar-refractivity contribution in [2.45, 2.75) is 141 Å². The van der Waals surface area contributed by atoms with Crippen LogP contribution in [-0.2, 0) is 23.7 Å². The Labute approximate surface area is 201 Å². The Morgan fingerprint density at radius 1 is 0.848 bits per heavy atom. The third-order valence-electron chi connectivity index (χ3n) is 6.97. The number of esters is 1. The van der Waals surface area contributed by atoms with Gasteiger partial charge < -0.3 is 18.9 Å². The molecule has 5 heteroatoms. The highest BCUT2D eigenvalue weighted by atomic mass is 16.8. The predicted molar refractivity (Wildman–Crippen MR) is 131 cm³/mol. The van der Waals surface area contributed by atoms with E-state index in [0.717, 1.165) is 18.4 Å². The van der Waals surface area contributed by atoms with E-state index in [2.05, 4.69) is 25.2 Å². The van der Waals surface area contributed by atoms with Gasteiger partial charge in [-0.15, -0.1) is 0 Å². The molecule has 188 valence electrons. The molecule has 33 heavy (non-hydrogen) atoms. The third kappa shape index (κ3) is 7.93. The molecule has 0 aromatic heterocycles. The number of hydrogen-bond donors (Lipinski definition) is 0. The van der Waals surface area contributed by atoms with E-state index >= 15 is 0 Å². The van der Waals surface area contributed by atoms with Crippen LogP contribution < -0.4 is 0 Å². The normalized spacial score (nSPS) is 29.5. The van der Waals surface area contributed by atoms with Crippen LogP contribution >= 0.6 is 0 Å². The van der Waals surface area contributed by atoms with E-state index in [1.54, 1.807) is 0 Å². The lowest BCUT2D eigenvalue weighted by Gasteiger charge is -2.27. The number of fused-ring (bicyclic) bond motifs is 2. The van der Waals surface area contributed by atoms with Crippen molar-refractivity contribution in [2.24, 2.45) is 0 Å². The summed E-state index contributed by atoms with van der Waals surface area (Å²) in [6.45, 7) is 6.34. The second-order valence-corrected chi connectivity index (χ2v) is 10.5. The first-order valence-corrected chi connectivity index (χ1v) is 13.5. The van der Waals surface area contributed by atoms with Crippen LogP contribution in [0, 0.1) is 0 Å². The van der Waals surface area contributed by atoms with Crippen LogP contribution in [0.4, 0.5) is 0 Å². The molecule has 5 nitrogen and oxygen atoms in total. The van der Waals surface area contributed by atoms with Gasteiger partial charge in [0.2, 0.25) is 0 Å². The van der Waals surface area contributed by atoms with Crippen LogP contribution in [0.5, 0.6) is 0 Å². The molecule has 3 heterocycles. The van der Waals surface area contributed by atoms with Gasteiger partial charge >= 0.3 is 5.97 Å². The van der Waals surface area contributed by atoms with Gasteiger partial charge in [0.25, 0.3) is 0 Å². The molecule has 0 N–H and O–H groups in total. The van der Waals surface area contributed by atoms with Crippen LogP contribution in [0.3, 0.4) is 0 Å². The summed E-state index contributed by atoms with van der Waals surface area (Å²) in [4.78, 5) is 12.4. The summed E-state index contributed by atoms with van der Waals surface area (Å²) in [5.41, 5.74) is 0.0484. The molecule has 0 aromatic rings. The molecule has 0 radical (unpaired) electrons. The van der Waals surface area contributed by atoms with Crippen LogP contribution in [0.2, 0.25) is 0 Å². The van der Waals surface area contributed by atoms with Gasteiger partial charge in [0, 0.05) is 12.0 Å². The first-order chi connectivity index (χ1) is 16.0. The Morgan fingerprint density at radius 2 is 1.45 bits per heavy atom. The molecule has 3 aliphatic heterocycles. The largest absolute Gasteiger partial charge is 0.450 e. The van der Waals surface area contributed by atoms with E-state index in [1.165, 1.54) is 77.0 Å². The minimum Gasteiger partial charge on any atom is -0.450 e. The third-order valence-corrected chi connectivity index (χ3v) is 6.97. The molecule has 0 aromatic carbocycles. The molecular weight excluding hydrogens is 416 g/mol. The van der Waals surface area contributed by atoms with Crippen LogP contribution in [-0.4, -0.2) is 36.4 Å². The summed E-state index contributed by atoms with van der Waals surface area (Å²) in [7, 11) is 0. The maximum atomic E-state index is 12.4. The van der Waals surface area contributed by atoms with Crippen molar-refractivity contribution in [3.8, 4) is 0 Å². The van der Waals surface area contributed by atoms with Gasteiger partial charge in [0.05, 0.1) is 6.61 Å². The zero-order valence-corrected chi connectivity index (χ0v) is 21.2. The number of carbonyl (C=O) groups excluding carboxylic acids is 1. The topological polar surface area (TPSA) is 54.0 Å². The van der Waals surface area contributed by atoms with E-state index < -0.39 is 17.7 Å². The highest BCUT2D eigenvalue weighted by Gasteiger charge is 2.63. The first-order valence-electron chi connectivity index (χ1n) is 13.5. The Bertz CT molecular complexity index is 667. The summed E-state index contributed by atoms with van der Waals surface area (Å²) in [6.07, 6.45) is 24.4. The summed E-state index contributed by atoms with van der Waals surface area (Å²) in [5, 5.41) is 0. The lowest BCUT2D eigenvalue weighted by atomic mass is 9.93. The average molecular weight is 463 g/mol. The molecule has 0 bridgehead atoms. The molecular formula is C28H46O5. The van der Waals surface area contributed by atoms with Gasteiger partial charge in [0.1, 0.15) is 0 Å². The summed E-state index contributed by atoms with van der Waals surface area (Å²) in [6, 6.07) is 0. The Hall–Kier alpha value is -1.17. The molecule has 3 fully saturated rings. The minimum atomic E-state index is -0.718. The van der Waals surface area contributed by atoms with Crippen LogP contribution in [0.1, 0.15) is 117 Å². The van der Waals surface area contributed by atoms with Crippen molar-refractivity contribution in [2.75, 3.05) is 6.61 Å². The van der Waals surface area contributed by atoms with Gasteiger partial charge in [-0.05, 0) is 52.4 Å². The van der Waals surface area contributed by atoms with Crippen molar-refractivity contribution in [3.63, 3.8) is 0 Å². The second-order valence-electron chi connectivity index (χ2n) is 10.5. The average Bonchev–Trinajstić information content (AvgIpc) is 3.38. The first kappa shape index (κ1) is 26.4. The number of hydrogen-bond acceptors (Lipinski definition) is 5. The fraction of sp³-hybridized carbons (Fsp3) is 0.821. The fourth-order valence-electron chi connectivity index (χ4n) is 5.08. The summed E-state index contributed by atoms with van der Waals surface area (Å²) in [5.74, 6) is -0.925. The monoisotopic (exact) mass is 462 g/mol. The highest BCUT2D eigenvalue weighted by Crippen LogP contribution is 2.47. The Kier molecular flexibility index (Phi) is 10.5. The maximum absolute atomic E-state index is 12.4. The van der Waals surface area contributed by atoms with E-state index in [9.17, 15) is 4.79 Å². The van der Waals surface area contributed by atoms with Gasteiger partial charge in [-0.25, -0.2) is 4.79 Å². The van der Waals surface area contributed by atoms with Crippen molar-refractivity contribution in [3.05, 3.63) is 23.8 Å². The van der Waals surface area contributed by atoms with Crippen molar-refractivity contribution in [1.82, 2.24) is 0 Å². The van der Waals surface area contributed by atoms with Gasteiger partial charge in [0.15, 0.2) is 23.8 Å². The molecule has 3 atom stereocenters. The number of rotatable bonds is 15. The molecule has 3 saturated heterocycles. The Morgan fingerprint density at radius 3 is 2.12 bits per heavy atom. The Balaban J connectivity index is 1.21. The number of unbranched alkanes of at least 4 members (excludes halogenated alkanes) is 12. The number of allylic oxidation sites excluding steroid dienone is 3. The minimum absolute atomic E-state index is 0.222. The highest BCUT2D eigenvalue weighted by molar-refractivity contribution is 5.91.